The minimum Gasteiger partial charge on any atom is -0.381 e. The minimum absolute atomic E-state index is 0.0357. The molecule has 3 heteroatoms. The number of rotatable bonds is 4. The molecule has 2 rings (SSSR count). The maximum absolute atomic E-state index is 8.72. The highest BCUT2D eigenvalue weighted by molar-refractivity contribution is 5.48. The average molecular weight is 220 g/mol. The first-order valence-corrected chi connectivity index (χ1v) is 6.05. The van der Waals surface area contributed by atoms with Crippen molar-refractivity contribution in [1.29, 1.82) is 0 Å². The van der Waals surface area contributed by atoms with Crippen LogP contribution >= 0.6 is 0 Å². The number of aliphatic hydroxyl groups is 1. The van der Waals surface area contributed by atoms with Crippen molar-refractivity contribution in [3.63, 3.8) is 0 Å². The van der Waals surface area contributed by atoms with E-state index in [0.717, 1.165) is 6.54 Å². The first-order valence-electron chi connectivity index (χ1n) is 6.05. The van der Waals surface area contributed by atoms with Crippen molar-refractivity contribution < 1.29 is 5.11 Å². The molecule has 0 bridgehead atoms. The van der Waals surface area contributed by atoms with Gasteiger partial charge in [-0.3, -0.25) is 5.32 Å². The number of aliphatic hydroxyl groups excluding tert-OH is 1. The Labute approximate surface area is 97.1 Å². The fraction of sp³-hybridized carbons (Fsp3) is 0.538. The van der Waals surface area contributed by atoms with Crippen molar-refractivity contribution in [3.05, 3.63) is 29.8 Å². The second kappa shape index (κ2) is 5.87. The lowest BCUT2D eigenvalue weighted by Gasteiger charge is -2.29. The van der Waals surface area contributed by atoms with Gasteiger partial charge in [-0.25, -0.2) is 0 Å². The smallest absolute Gasteiger partial charge is 0.0934 e. The Morgan fingerprint density at radius 2 is 2.00 bits per heavy atom. The van der Waals surface area contributed by atoms with E-state index in [1.54, 1.807) is 0 Å². The molecule has 1 aliphatic rings. The third-order valence-electron chi connectivity index (χ3n) is 3.07. The van der Waals surface area contributed by atoms with Crippen molar-refractivity contribution >= 4 is 5.69 Å². The summed E-state index contributed by atoms with van der Waals surface area (Å²) in [5.41, 5.74) is 2.55. The van der Waals surface area contributed by atoms with E-state index >= 15 is 0 Å². The normalized spacial score (nSPS) is 16.4. The molecule has 0 amide bonds. The van der Waals surface area contributed by atoms with Gasteiger partial charge < -0.3 is 10.0 Å². The third-order valence-corrected chi connectivity index (χ3v) is 3.07. The number of nitrogens with one attached hydrogen (secondary N) is 1. The van der Waals surface area contributed by atoms with Crippen LogP contribution in [0.2, 0.25) is 0 Å². The van der Waals surface area contributed by atoms with E-state index in [0.29, 0.717) is 0 Å². The van der Waals surface area contributed by atoms with Gasteiger partial charge in [0.1, 0.15) is 0 Å². The highest BCUT2D eigenvalue weighted by Crippen LogP contribution is 2.20. The number of hydrogen-bond acceptors (Lipinski definition) is 3. The summed E-state index contributed by atoms with van der Waals surface area (Å²) in [5, 5.41) is 11.7. The molecule has 16 heavy (non-hydrogen) atoms. The van der Waals surface area contributed by atoms with Crippen LogP contribution in [0.25, 0.3) is 0 Å². The number of nitrogens with zero attached hydrogens (tertiary/aromatic N) is 1. The summed E-state index contributed by atoms with van der Waals surface area (Å²) in [6, 6.07) is 8.58. The van der Waals surface area contributed by atoms with E-state index in [1.165, 1.54) is 43.6 Å². The zero-order valence-corrected chi connectivity index (χ0v) is 9.65. The van der Waals surface area contributed by atoms with Gasteiger partial charge in [-0.2, -0.15) is 0 Å². The lowest BCUT2D eigenvalue weighted by molar-refractivity contribution is 0.259. The highest BCUT2D eigenvalue weighted by Gasteiger charge is 2.10. The lowest BCUT2D eigenvalue weighted by Crippen LogP contribution is -2.29. The summed E-state index contributed by atoms with van der Waals surface area (Å²) >= 11 is 0. The Hall–Kier alpha value is -1.06. The van der Waals surface area contributed by atoms with Gasteiger partial charge in [0.2, 0.25) is 0 Å². The van der Waals surface area contributed by atoms with Crippen LogP contribution in [-0.4, -0.2) is 24.9 Å². The van der Waals surface area contributed by atoms with E-state index < -0.39 is 0 Å². The van der Waals surface area contributed by atoms with Gasteiger partial charge in [-0.05, 0) is 37.0 Å². The number of benzene rings is 1. The zero-order valence-electron chi connectivity index (χ0n) is 9.65. The van der Waals surface area contributed by atoms with Crippen LogP contribution in [0.5, 0.6) is 0 Å². The molecular weight excluding hydrogens is 200 g/mol. The summed E-state index contributed by atoms with van der Waals surface area (Å²) in [6.45, 7) is 3.12. The highest BCUT2D eigenvalue weighted by atomic mass is 16.3. The second-order valence-electron chi connectivity index (χ2n) is 4.30. The Bertz CT molecular complexity index is 321. The van der Waals surface area contributed by atoms with Crippen LogP contribution in [0.1, 0.15) is 24.8 Å². The summed E-state index contributed by atoms with van der Waals surface area (Å²) < 4.78 is 0. The summed E-state index contributed by atoms with van der Waals surface area (Å²) in [4.78, 5) is 2.45. The largest absolute Gasteiger partial charge is 0.381 e. The van der Waals surface area contributed by atoms with Gasteiger partial charge in [0, 0.05) is 25.3 Å². The first-order chi connectivity index (χ1) is 7.90. The van der Waals surface area contributed by atoms with Crippen molar-refractivity contribution in [2.45, 2.75) is 25.8 Å². The molecule has 1 heterocycles. The van der Waals surface area contributed by atoms with Gasteiger partial charge >= 0.3 is 0 Å². The van der Waals surface area contributed by atoms with Crippen molar-refractivity contribution in [2.75, 3.05) is 24.7 Å². The summed E-state index contributed by atoms with van der Waals surface area (Å²) in [7, 11) is 0. The van der Waals surface area contributed by atoms with E-state index in [2.05, 4.69) is 34.5 Å². The van der Waals surface area contributed by atoms with E-state index in [9.17, 15) is 0 Å². The Balaban J connectivity index is 2.02. The molecule has 0 saturated carbocycles. The number of hydrogen-bond donors (Lipinski definition) is 2. The van der Waals surface area contributed by atoms with Gasteiger partial charge in [0.15, 0.2) is 0 Å². The number of piperidine rings is 1. The van der Waals surface area contributed by atoms with E-state index in [1.807, 2.05) is 0 Å². The molecule has 1 fully saturated rings. The molecule has 0 spiro atoms. The molecule has 88 valence electrons. The van der Waals surface area contributed by atoms with Crippen molar-refractivity contribution in [1.82, 2.24) is 5.32 Å². The SMILES string of the molecule is OCNCc1cccc(N2CCCCC2)c1. The molecule has 1 saturated heterocycles. The average Bonchev–Trinajstić information content (AvgIpc) is 2.38. The third kappa shape index (κ3) is 2.97. The maximum atomic E-state index is 8.72. The fourth-order valence-electron chi connectivity index (χ4n) is 2.22. The standard InChI is InChI=1S/C13H20N2O/c16-11-14-10-12-5-4-6-13(9-12)15-7-2-1-3-8-15/h4-6,9,14,16H,1-3,7-8,10-11H2. The van der Waals surface area contributed by atoms with Crippen LogP contribution < -0.4 is 10.2 Å². The molecular formula is C13H20N2O. The van der Waals surface area contributed by atoms with Gasteiger partial charge in [-0.1, -0.05) is 12.1 Å². The Morgan fingerprint density at radius 3 is 2.75 bits per heavy atom. The van der Waals surface area contributed by atoms with Crippen molar-refractivity contribution in [2.24, 2.45) is 0 Å². The molecule has 1 aromatic rings. The predicted octanol–water partition coefficient (Wildman–Crippen LogP) is 1.72. The molecule has 0 atom stereocenters. The predicted molar refractivity (Wildman–Crippen MR) is 66.4 cm³/mol. The minimum atomic E-state index is 0.0357. The molecule has 3 nitrogen and oxygen atoms in total. The fourth-order valence-corrected chi connectivity index (χ4v) is 2.22. The second-order valence-corrected chi connectivity index (χ2v) is 4.30. The summed E-state index contributed by atoms with van der Waals surface area (Å²) in [6.07, 6.45) is 3.97. The molecule has 1 aromatic carbocycles. The Kier molecular flexibility index (Phi) is 4.19. The zero-order chi connectivity index (χ0) is 11.2. The topological polar surface area (TPSA) is 35.5 Å². The van der Waals surface area contributed by atoms with Crippen molar-refractivity contribution in [3.8, 4) is 0 Å². The van der Waals surface area contributed by atoms with Crippen LogP contribution in [0.4, 0.5) is 5.69 Å². The molecule has 1 aliphatic heterocycles. The molecule has 0 aliphatic carbocycles. The summed E-state index contributed by atoms with van der Waals surface area (Å²) in [5.74, 6) is 0. The number of anilines is 1. The monoisotopic (exact) mass is 220 g/mol. The van der Waals surface area contributed by atoms with Crippen LogP contribution in [0, 0.1) is 0 Å². The van der Waals surface area contributed by atoms with Crippen LogP contribution in [0.15, 0.2) is 24.3 Å². The van der Waals surface area contributed by atoms with Crippen LogP contribution in [0.3, 0.4) is 0 Å². The molecule has 0 aromatic heterocycles. The van der Waals surface area contributed by atoms with Crippen LogP contribution in [-0.2, 0) is 6.54 Å². The van der Waals surface area contributed by atoms with E-state index in [4.69, 9.17) is 5.11 Å². The van der Waals surface area contributed by atoms with Gasteiger partial charge in [-0.15, -0.1) is 0 Å². The lowest BCUT2D eigenvalue weighted by atomic mass is 10.1. The van der Waals surface area contributed by atoms with E-state index in [-0.39, 0.29) is 6.73 Å². The molecule has 2 N–H and O–H groups in total. The van der Waals surface area contributed by atoms with Gasteiger partial charge in [0.05, 0.1) is 6.73 Å². The first kappa shape index (κ1) is 11.4. The maximum Gasteiger partial charge on any atom is 0.0934 e. The van der Waals surface area contributed by atoms with Gasteiger partial charge in [0.25, 0.3) is 0 Å². The Morgan fingerprint density at radius 1 is 1.19 bits per heavy atom. The quantitative estimate of drug-likeness (QED) is 0.758. The molecule has 0 radical (unpaired) electrons. The molecule has 0 unspecified atom stereocenters.